The molecule has 0 aliphatic carbocycles. The average Bonchev–Trinajstić information content (AvgIpc) is 3.08. The third kappa shape index (κ3) is 6.08. The maximum Gasteiger partial charge on any atom is 0.269 e. The molecule has 2 aromatic carbocycles. The van der Waals surface area contributed by atoms with Crippen LogP contribution >= 0.6 is 0 Å². The van der Waals surface area contributed by atoms with Crippen molar-refractivity contribution in [2.24, 2.45) is 0 Å². The molecular weight excluding hydrogens is 430 g/mol. The van der Waals surface area contributed by atoms with Crippen LogP contribution in [0.3, 0.4) is 0 Å². The fourth-order valence-electron chi connectivity index (χ4n) is 3.44. The van der Waals surface area contributed by atoms with Crippen LogP contribution in [0.25, 0.3) is 0 Å². The molecule has 0 aromatic heterocycles. The van der Waals surface area contributed by atoms with Crippen LogP contribution in [-0.2, 0) is 10.0 Å². The van der Waals surface area contributed by atoms with E-state index in [9.17, 15) is 18.0 Å². The summed E-state index contributed by atoms with van der Waals surface area (Å²) < 4.78 is 33.0. The van der Waals surface area contributed by atoms with Gasteiger partial charge in [0.25, 0.3) is 11.8 Å². The van der Waals surface area contributed by atoms with Crippen molar-refractivity contribution in [2.75, 3.05) is 13.1 Å². The minimum Gasteiger partial charge on any atom is -0.491 e. The Hall–Kier alpha value is -2.91. The minimum absolute atomic E-state index is 0.0212. The number of hydrogen-bond acceptors (Lipinski definition) is 5. The summed E-state index contributed by atoms with van der Waals surface area (Å²) in [5.41, 5.74) is 5.17. The van der Waals surface area contributed by atoms with Gasteiger partial charge in [0.15, 0.2) is 0 Å². The van der Waals surface area contributed by atoms with Crippen molar-refractivity contribution >= 4 is 21.8 Å². The number of benzene rings is 2. The number of nitrogens with one attached hydrogen (secondary N) is 2. The topological polar surface area (TPSA) is 105 Å². The van der Waals surface area contributed by atoms with E-state index >= 15 is 0 Å². The van der Waals surface area contributed by atoms with Crippen LogP contribution in [0.2, 0.25) is 0 Å². The first-order valence-corrected chi connectivity index (χ1v) is 12.2. The van der Waals surface area contributed by atoms with Gasteiger partial charge in [0.05, 0.1) is 11.0 Å². The number of carbonyl (C=O) groups is 2. The molecule has 1 aliphatic rings. The minimum atomic E-state index is -3.67. The molecular formula is C23H29N3O5S. The number of sulfonamides is 1. The zero-order valence-electron chi connectivity index (χ0n) is 18.3. The lowest BCUT2D eigenvalue weighted by molar-refractivity contribution is 0.0846. The van der Waals surface area contributed by atoms with Crippen LogP contribution < -0.4 is 15.6 Å². The van der Waals surface area contributed by atoms with Crippen molar-refractivity contribution in [3.05, 3.63) is 59.7 Å². The second kappa shape index (κ2) is 10.6. The van der Waals surface area contributed by atoms with Crippen molar-refractivity contribution in [3.8, 4) is 5.75 Å². The highest BCUT2D eigenvalue weighted by Crippen LogP contribution is 2.21. The first kappa shape index (κ1) is 23.7. The van der Waals surface area contributed by atoms with E-state index in [1.165, 1.54) is 28.6 Å². The molecule has 32 heavy (non-hydrogen) atoms. The molecule has 1 fully saturated rings. The molecule has 0 spiro atoms. The largest absolute Gasteiger partial charge is 0.491 e. The summed E-state index contributed by atoms with van der Waals surface area (Å²) in [6, 6.07) is 12.4. The van der Waals surface area contributed by atoms with Crippen LogP contribution in [0.5, 0.6) is 5.75 Å². The molecule has 8 nitrogen and oxygen atoms in total. The van der Waals surface area contributed by atoms with E-state index in [0.717, 1.165) is 25.7 Å². The van der Waals surface area contributed by atoms with E-state index in [-0.39, 0.29) is 16.6 Å². The van der Waals surface area contributed by atoms with Gasteiger partial charge >= 0.3 is 0 Å². The highest BCUT2D eigenvalue weighted by Gasteiger charge is 2.25. The van der Waals surface area contributed by atoms with Crippen molar-refractivity contribution < 1.29 is 22.7 Å². The number of hydrogen-bond donors (Lipinski definition) is 2. The van der Waals surface area contributed by atoms with Crippen LogP contribution in [0, 0.1) is 0 Å². The summed E-state index contributed by atoms with van der Waals surface area (Å²) in [5, 5.41) is 0. The van der Waals surface area contributed by atoms with Gasteiger partial charge in [-0.05, 0) is 69.2 Å². The number of carbonyl (C=O) groups excluding carboxylic acids is 2. The third-order valence-corrected chi connectivity index (χ3v) is 6.97. The van der Waals surface area contributed by atoms with Gasteiger partial charge < -0.3 is 4.74 Å². The predicted octanol–water partition coefficient (Wildman–Crippen LogP) is 3.11. The van der Waals surface area contributed by atoms with Crippen LogP contribution in [0.15, 0.2) is 53.4 Å². The Bertz CT molecular complexity index is 1040. The Labute approximate surface area is 189 Å². The summed E-state index contributed by atoms with van der Waals surface area (Å²) in [7, 11) is -3.67. The summed E-state index contributed by atoms with van der Waals surface area (Å²) in [6.45, 7) is 4.78. The summed E-state index contributed by atoms with van der Waals surface area (Å²) in [6.07, 6.45) is 3.71. The molecule has 3 rings (SSSR count). The number of amides is 2. The second-order valence-electron chi connectivity index (χ2n) is 7.95. The highest BCUT2D eigenvalue weighted by atomic mass is 32.2. The summed E-state index contributed by atoms with van der Waals surface area (Å²) in [5.74, 6) is -0.461. The molecule has 9 heteroatoms. The first-order chi connectivity index (χ1) is 15.3. The fraction of sp³-hybridized carbons (Fsp3) is 0.391. The van der Waals surface area contributed by atoms with E-state index in [4.69, 9.17) is 4.74 Å². The lowest BCUT2D eigenvalue weighted by Gasteiger charge is -2.20. The molecule has 2 amide bonds. The van der Waals surface area contributed by atoms with Gasteiger partial charge in [-0.25, -0.2) is 8.42 Å². The third-order valence-electron chi connectivity index (χ3n) is 5.08. The molecule has 2 N–H and O–H groups in total. The molecule has 1 aliphatic heterocycles. The highest BCUT2D eigenvalue weighted by molar-refractivity contribution is 7.89. The van der Waals surface area contributed by atoms with Gasteiger partial charge in [0, 0.05) is 24.2 Å². The van der Waals surface area contributed by atoms with Crippen LogP contribution in [0.1, 0.15) is 60.2 Å². The zero-order chi connectivity index (χ0) is 23.1. The van der Waals surface area contributed by atoms with Crippen LogP contribution in [0.4, 0.5) is 0 Å². The van der Waals surface area contributed by atoms with E-state index < -0.39 is 21.8 Å². The van der Waals surface area contributed by atoms with Crippen molar-refractivity contribution in [1.82, 2.24) is 15.2 Å². The van der Waals surface area contributed by atoms with Gasteiger partial charge in [-0.3, -0.25) is 20.4 Å². The maximum atomic E-state index is 13.0. The molecule has 2 aromatic rings. The number of rotatable bonds is 6. The summed E-state index contributed by atoms with van der Waals surface area (Å²) in [4.78, 5) is 24.9. The van der Waals surface area contributed by atoms with E-state index in [1.54, 1.807) is 24.3 Å². The number of ether oxygens (including phenoxy) is 1. The van der Waals surface area contributed by atoms with Crippen molar-refractivity contribution in [1.29, 1.82) is 0 Å². The van der Waals surface area contributed by atoms with Crippen LogP contribution in [-0.4, -0.2) is 43.7 Å². The molecule has 172 valence electrons. The maximum absolute atomic E-state index is 13.0. The van der Waals surface area contributed by atoms with Gasteiger partial charge in [0.2, 0.25) is 10.0 Å². The number of hydrazine groups is 1. The molecule has 1 saturated heterocycles. The Kier molecular flexibility index (Phi) is 7.87. The SMILES string of the molecule is CC(C)Oc1ccc(C(=O)NNC(=O)c2cccc(S(=O)(=O)N3CCCCCC3)c2)cc1. The fourth-order valence-corrected chi connectivity index (χ4v) is 5.01. The zero-order valence-corrected chi connectivity index (χ0v) is 19.2. The molecule has 0 bridgehead atoms. The van der Waals surface area contributed by atoms with Crippen molar-refractivity contribution in [2.45, 2.75) is 50.5 Å². The summed E-state index contributed by atoms with van der Waals surface area (Å²) >= 11 is 0. The predicted molar refractivity (Wildman–Crippen MR) is 121 cm³/mol. The molecule has 0 saturated carbocycles. The Morgan fingerprint density at radius 2 is 1.47 bits per heavy atom. The molecule has 0 atom stereocenters. The van der Waals surface area contributed by atoms with Gasteiger partial charge in [-0.2, -0.15) is 4.31 Å². The number of nitrogens with zero attached hydrogens (tertiary/aromatic N) is 1. The van der Waals surface area contributed by atoms with Gasteiger partial charge in [-0.1, -0.05) is 18.9 Å². The van der Waals surface area contributed by atoms with E-state index in [0.29, 0.717) is 24.4 Å². The monoisotopic (exact) mass is 459 g/mol. The quantitative estimate of drug-likeness (QED) is 0.646. The average molecular weight is 460 g/mol. The lowest BCUT2D eigenvalue weighted by atomic mass is 10.2. The molecule has 1 heterocycles. The smallest absolute Gasteiger partial charge is 0.269 e. The Morgan fingerprint density at radius 3 is 2.06 bits per heavy atom. The van der Waals surface area contributed by atoms with E-state index in [2.05, 4.69) is 10.9 Å². The first-order valence-electron chi connectivity index (χ1n) is 10.7. The van der Waals surface area contributed by atoms with E-state index in [1.807, 2.05) is 13.8 Å². The van der Waals surface area contributed by atoms with Crippen molar-refractivity contribution in [3.63, 3.8) is 0 Å². The Morgan fingerprint density at radius 1 is 0.875 bits per heavy atom. The van der Waals surface area contributed by atoms with Gasteiger partial charge in [0.1, 0.15) is 5.75 Å². The molecule has 0 radical (unpaired) electrons. The normalized spacial score (nSPS) is 15.1. The molecule has 0 unspecified atom stereocenters. The second-order valence-corrected chi connectivity index (χ2v) is 9.88. The Balaban J connectivity index is 1.63. The lowest BCUT2D eigenvalue weighted by Crippen LogP contribution is -2.41. The standard InChI is InChI=1S/C23H29N3O5S/c1-17(2)31-20-12-10-18(11-13-20)22(27)24-25-23(28)19-8-7-9-21(16-19)32(29,30)26-14-5-3-4-6-15-26/h7-13,16-17H,3-6,14-15H2,1-2H3,(H,24,27)(H,25,28). The van der Waals surface area contributed by atoms with Gasteiger partial charge in [-0.15, -0.1) is 0 Å².